The predicted octanol–water partition coefficient (Wildman–Crippen LogP) is 5.71. The molecule has 0 radical (unpaired) electrons. The van der Waals surface area contributed by atoms with E-state index >= 15 is 0 Å². The lowest BCUT2D eigenvalue weighted by Crippen LogP contribution is -2.28. The van der Waals surface area contributed by atoms with E-state index in [9.17, 15) is 29.3 Å². The van der Waals surface area contributed by atoms with Gasteiger partial charge in [-0.05, 0) is 38.5 Å². The van der Waals surface area contributed by atoms with Crippen molar-refractivity contribution in [2.75, 3.05) is 26.4 Å². The van der Waals surface area contributed by atoms with Gasteiger partial charge in [0.2, 0.25) is 0 Å². The van der Waals surface area contributed by atoms with Crippen molar-refractivity contribution in [1.29, 1.82) is 0 Å². The standard InChI is InChI=1S/C29H51O10P/c1-3-5-6-7-8-9-10-11-12-13-14-15-16-17-18-19-20-21-29(33)39-27(23-31)25-37-40(34,35)36-24-26(22-30)38-28(32)4-2/h5-6,8-9,11-12,26-27,30-31H,3-4,7,10,13-25H2,1-2H3,(H,34,35)/b6-5-,9-8-,12-11-. The zero-order chi connectivity index (χ0) is 29.9. The number of phosphoric acid groups is 1. The van der Waals surface area contributed by atoms with Crippen LogP contribution in [0.1, 0.15) is 97.3 Å². The van der Waals surface area contributed by atoms with Gasteiger partial charge in [-0.2, -0.15) is 0 Å². The van der Waals surface area contributed by atoms with Crippen molar-refractivity contribution in [3.8, 4) is 0 Å². The average Bonchev–Trinajstić information content (AvgIpc) is 2.94. The Kier molecular flexibility index (Phi) is 24.9. The van der Waals surface area contributed by atoms with Crippen LogP contribution >= 0.6 is 7.82 Å². The molecule has 3 unspecified atom stereocenters. The number of allylic oxidation sites excluding steroid dienone is 6. The third-order valence-electron chi connectivity index (χ3n) is 5.67. The van der Waals surface area contributed by atoms with E-state index < -0.39 is 58.4 Å². The van der Waals surface area contributed by atoms with Gasteiger partial charge in [0.25, 0.3) is 0 Å². The lowest BCUT2D eigenvalue weighted by atomic mass is 10.1. The summed E-state index contributed by atoms with van der Waals surface area (Å²) in [5, 5.41) is 18.6. The smallest absolute Gasteiger partial charge is 0.457 e. The van der Waals surface area contributed by atoms with Gasteiger partial charge in [0.05, 0.1) is 26.4 Å². The summed E-state index contributed by atoms with van der Waals surface area (Å²) in [5.74, 6) is -1.13. The van der Waals surface area contributed by atoms with E-state index in [1.54, 1.807) is 6.92 Å². The number of esters is 2. The van der Waals surface area contributed by atoms with E-state index in [0.717, 1.165) is 51.4 Å². The summed E-state index contributed by atoms with van der Waals surface area (Å²) in [6.07, 6.45) is 22.6. The molecule has 0 bridgehead atoms. The van der Waals surface area contributed by atoms with Crippen molar-refractivity contribution in [1.82, 2.24) is 0 Å². The number of carbonyl (C=O) groups is 2. The SMILES string of the molecule is CC/C=C\C/C=C\C/C=C\CCCCCCCCCC(=O)OC(CO)COP(=O)(O)OCC(CO)OC(=O)CC. The molecular formula is C29H51O10P. The molecule has 10 nitrogen and oxygen atoms in total. The molecule has 11 heteroatoms. The summed E-state index contributed by atoms with van der Waals surface area (Å²) in [6.45, 7) is 1.37. The molecule has 0 aliphatic heterocycles. The van der Waals surface area contributed by atoms with Gasteiger partial charge in [0.15, 0.2) is 0 Å². The van der Waals surface area contributed by atoms with E-state index in [1.165, 1.54) is 12.8 Å². The largest absolute Gasteiger partial charge is 0.472 e. The predicted molar refractivity (Wildman–Crippen MR) is 154 cm³/mol. The Balaban J connectivity index is 3.88. The molecule has 0 spiro atoms. The molecule has 40 heavy (non-hydrogen) atoms. The third-order valence-corrected chi connectivity index (χ3v) is 6.62. The van der Waals surface area contributed by atoms with Crippen molar-refractivity contribution >= 4 is 19.8 Å². The molecular weight excluding hydrogens is 539 g/mol. The quantitative estimate of drug-likeness (QED) is 0.0495. The van der Waals surface area contributed by atoms with Gasteiger partial charge < -0.3 is 24.6 Å². The molecule has 0 aliphatic rings. The number of hydrogen-bond donors (Lipinski definition) is 3. The highest BCUT2D eigenvalue weighted by atomic mass is 31.2. The first-order valence-electron chi connectivity index (χ1n) is 14.4. The summed E-state index contributed by atoms with van der Waals surface area (Å²) in [5.41, 5.74) is 0. The van der Waals surface area contributed by atoms with Crippen molar-refractivity contribution in [3.63, 3.8) is 0 Å². The zero-order valence-electron chi connectivity index (χ0n) is 24.3. The second-order valence-corrected chi connectivity index (χ2v) is 10.8. The molecule has 232 valence electrons. The molecule has 0 rings (SSSR count). The van der Waals surface area contributed by atoms with Gasteiger partial charge in [-0.3, -0.25) is 18.6 Å². The Morgan fingerprint density at radius 3 is 1.70 bits per heavy atom. The number of phosphoric ester groups is 1. The van der Waals surface area contributed by atoms with Gasteiger partial charge >= 0.3 is 19.8 Å². The van der Waals surface area contributed by atoms with Gasteiger partial charge in [-0.15, -0.1) is 0 Å². The topological polar surface area (TPSA) is 149 Å². The summed E-state index contributed by atoms with van der Waals surface area (Å²) in [7, 11) is -4.59. The lowest BCUT2D eigenvalue weighted by molar-refractivity contribution is -0.153. The second kappa shape index (κ2) is 26.1. The van der Waals surface area contributed by atoms with E-state index in [4.69, 9.17) is 18.5 Å². The molecule has 0 amide bonds. The minimum Gasteiger partial charge on any atom is -0.457 e. The number of aliphatic hydroxyl groups excluding tert-OH is 2. The number of hydrogen-bond acceptors (Lipinski definition) is 9. The monoisotopic (exact) mass is 590 g/mol. The highest BCUT2D eigenvalue weighted by Gasteiger charge is 2.27. The van der Waals surface area contributed by atoms with Gasteiger partial charge in [-0.25, -0.2) is 4.57 Å². The van der Waals surface area contributed by atoms with E-state index in [1.807, 2.05) is 0 Å². The maximum atomic E-state index is 12.0. The number of carbonyl (C=O) groups excluding carboxylic acids is 2. The normalized spacial score (nSPS) is 15.0. The summed E-state index contributed by atoms with van der Waals surface area (Å²) >= 11 is 0. The van der Waals surface area contributed by atoms with Crippen molar-refractivity contribution in [2.24, 2.45) is 0 Å². The molecule has 3 atom stereocenters. The minimum absolute atomic E-state index is 0.0714. The van der Waals surface area contributed by atoms with Crippen molar-refractivity contribution in [2.45, 2.75) is 110 Å². The first-order chi connectivity index (χ1) is 19.3. The molecule has 0 fully saturated rings. The number of unbranched alkanes of at least 4 members (excludes halogenated alkanes) is 7. The van der Waals surface area contributed by atoms with E-state index in [-0.39, 0.29) is 12.8 Å². The van der Waals surface area contributed by atoms with E-state index in [2.05, 4.69) is 43.4 Å². The average molecular weight is 591 g/mol. The van der Waals surface area contributed by atoms with E-state index in [0.29, 0.717) is 6.42 Å². The molecule has 0 aromatic heterocycles. The molecule has 0 saturated heterocycles. The minimum atomic E-state index is -4.59. The molecule has 0 aromatic rings. The highest BCUT2D eigenvalue weighted by Crippen LogP contribution is 2.43. The Morgan fingerprint density at radius 2 is 1.18 bits per heavy atom. The molecule has 0 saturated carbocycles. The number of aliphatic hydroxyl groups is 2. The summed E-state index contributed by atoms with van der Waals surface area (Å²) in [6, 6.07) is 0. The second-order valence-electron chi connectivity index (χ2n) is 9.31. The number of ether oxygens (including phenoxy) is 2. The van der Waals surface area contributed by atoms with Crippen molar-refractivity contribution in [3.05, 3.63) is 36.5 Å². The fourth-order valence-corrected chi connectivity index (χ4v) is 4.18. The fraction of sp³-hybridized carbons (Fsp3) is 0.724. The van der Waals surface area contributed by atoms with Crippen LogP contribution in [0.2, 0.25) is 0 Å². The zero-order valence-corrected chi connectivity index (χ0v) is 25.2. The summed E-state index contributed by atoms with van der Waals surface area (Å²) < 4.78 is 31.4. The van der Waals surface area contributed by atoms with Crippen LogP contribution in [0.4, 0.5) is 0 Å². The fourth-order valence-electron chi connectivity index (χ4n) is 3.40. The van der Waals surface area contributed by atoms with Crippen LogP contribution in [0.5, 0.6) is 0 Å². The van der Waals surface area contributed by atoms with Crippen molar-refractivity contribution < 1.29 is 47.8 Å². The molecule has 3 N–H and O–H groups in total. The first kappa shape index (κ1) is 38.2. The maximum absolute atomic E-state index is 12.0. The first-order valence-corrected chi connectivity index (χ1v) is 15.9. The summed E-state index contributed by atoms with van der Waals surface area (Å²) in [4.78, 5) is 33.1. The maximum Gasteiger partial charge on any atom is 0.472 e. The molecule has 0 aromatic carbocycles. The Hall–Kier alpha value is -1.81. The Morgan fingerprint density at radius 1 is 0.700 bits per heavy atom. The Labute approximate surface area is 240 Å². The van der Waals surface area contributed by atoms with Gasteiger partial charge in [0.1, 0.15) is 12.2 Å². The van der Waals surface area contributed by atoms with Crippen LogP contribution in [-0.2, 0) is 32.7 Å². The van der Waals surface area contributed by atoms with Crippen LogP contribution < -0.4 is 0 Å². The Bertz CT molecular complexity index is 781. The van der Waals surface area contributed by atoms with Gasteiger partial charge in [0, 0.05) is 12.8 Å². The number of rotatable bonds is 26. The van der Waals surface area contributed by atoms with Crippen LogP contribution in [0, 0.1) is 0 Å². The lowest BCUT2D eigenvalue weighted by Gasteiger charge is -2.20. The van der Waals surface area contributed by atoms with Crippen LogP contribution in [0.3, 0.4) is 0 Å². The van der Waals surface area contributed by atoms with Gasteiger partial charge in [-0.1, -0.05) is 82.4 Å². The third kappa shape index (κ3) is 24.0. The van der Waals surface area contributed by atoms with Crippen LogP contribution in [0.25, 0.3) is 0 Å². The van der Waals surface area contributed by atoms with Crippen LogP contribution in [0.15, 0.2) is 36.5 Å². The van der Waals surface area contributed by atoms with Crippen LogP contribution in [-0.4, -0.2) is 65.7 Å². The molecule has 0 heterocycles. The molecule has 0 aliphatic carbocycles. The highest BCUT2D eigenvalue weighted by molar-refractivity contribution is 7.47.